The lowest BCUT2D eigenvalue weighted by Crippen LogP contribution is -2.28. The van der Waals surface area contributed by atoms with Crippen LogP contribution in [0.25, 0.3) is 0 Å². The number of rotatable bonds is 7. The molecule has 0 heterocycles. The molecule has 0 fully saturated rings. The number of nitrogens with zero attached hydrogens (tertiary/aromatic N) is 1. The number of carbonyl (C=O) groups is 1. The van der Waals surface area contributed by atoms with Crippen molar-refractivity contribution >= 4 is 5.91 Å². The number of amides is 1. The summed E-state index contributed by atoms with van der Waals surface area (Å²) >= 11 is 0. The third kappa shape index (κ3) is 4.99. The monoisotopic (exact) mass is 346 g/mol. The average Bonchev–Trinajstić information content (AvgIpc) is 2.60. The van der Waals surface area contributed by atoms with E-state index in [0.29, 0.717) is 25.0 Å². The minimum Gasteiger partial charge on any atom is -0.491 e. The van der Waals surface area contributed by atoms with Crippen LogP contribution in [-0.4, -0.2) is 26.2 Å². The van der Waals surface area contributed by atoms with Gasteiger partial charge in [-0.2, -0.15) is 5.26 Å². The largest absolute Gasteiger partial charge is 0.491 e. The van der Waals surface area contributed by atoms with Gasteiger partial charge in [-0.3, -0.25) is 4.79 Å². The van der Waals surface area contributed by atoms with Crippen LogP contribution in [-0.2, 0) is 4.74 Å². The molecule has 0 aliphatic rings. The number of carbonyl (C=O) groups excluding carboxylic acids is 1. The number of halogens is 2. The molecule has 2 aromatic rings. The van der Waals surface area contributed by atoms with Crippen molar-refractivity contribution in [2.45, 2.75) is 6.04 Å². The molecule has 1 unspecified atom stereocenters. The summed E-state index contributed by atoms with van der Waals surface area (Å²) in [7, 11) is 1.55. The van der Waals surface area contributed by atoms with Crippen molar-refractivity contribution in [3.63, 3.8) is 0 Å². The third-order valence-corrected chi connectivity index (χ3v) is 3.33. The Morgan fingerprint density at radius 2 is 2.04 bits per heavy atom. The van der Waals surface area contributed by atoms with E-state index < -0.39 is 23.6 Å². The maximum atomic E-state index is 13.8. The third-order valence-electron chi connectivity index (χ3n) is 3.33. The molecular weight excluding hydrogens is 330 g/mol. The molecule has 0 saturated carbocycles. The summed E-state index contributed by atoms with van der Waals surface area (Å²) in [5.74, 6) is -1.77. The number of hydrogen-bond acceptors (Lipinski definition) is 4. The van der Waals surface area contributed by atoms with Crippen molar-refractivity contribution in [2.24, 2.45) is 0 Å². The molecule has 0 spiro atoms. The van der Waals surface area contributed by atoms with Gasteiger partial charge in [-0.1, -0.05) is 12.1 Å². The van der Waals surface area contributed by atoms with Crippen LogP contribution >= 0.6 is 0 Å². The Labute approximate surface area is 143 Å². The first-order chi connectivity index (χ1) is 12.0. The zero-order valence-corrected chi connectivity index (χ0v) is 13.5. The quantitative estimate of drug-likeness (QED) is 0.783. The van der Waals surface area contributed by atoms with Gasteiger partial charge in [0, 0.05) is 24.3 Å². The van der Waals surface area contributed by atoms with Gasteiger partial charge in [-0.25, -0.2) is 8.78 Å². The molecular formula is C18H16F2N2O3. The normalized spacial score (nSPS) is 11.4. The van der Waals surface area contributed by atoms with Crippen LogP contribution in [0.1, 0.15) is 22.0 Å². The van der Waals surface area contributed by atoms with Gasteiger partial charge in [0.25, 0.3) is 5.91 Å². The van der Waals surface area contributed by atoms with E-state index in [1.807, 2.05) is 0 Å². The van der Waals surface area contributed by atoms with Crippen LogP contribution in [0.3, 0.4) is 0 Å². The van der Waals surface area contributed by atoms with E-state index in [1.165, 1.54) is 12.1 Å². The molecule has 25 heavy (non-hydrogen) atoms. The average molecular weight is 346 g/mol. The number of hydrogen-bond donors (Lipinski definition) is 1. The second kappa shape index (κ2) is 8.76. The van der Waals surface area contributed by atoms with Crippen LogP contribution in [0.5, 0.6) is 5.75 Å². The minimum absolute atomic E-state index is 0.107. The molecule has 0 radical (unpaired) electrons. The summed E-state index contributed by atoms with van der Waals surface area (Å²) < 4.78 is 37.1. The Balaban J connectivity index is 2.12. The highest BCUT2D eigenvalue weighted by Gasteiger charge is 2.19. The molecule has 2 rings (SSSR count). The molecule has 0 aliphatic carbocycles. The van der Waals surface area contributed by atoms with Crippen molar-refractivity contribution < 1.29 is 23.0 Å². The first-order valence-electron chi connectivity index (χ1n) is 7.42. The second-order valence-corrected chi connectivity index (χ2v) is 5.07. The standard InChI is InChI=1S/C18H16F2N2O3/c1-24-7-8-25-14-4-2-3-12(9-14)18(23)22-17(11-21)15-6-5-13(19)10-16(15)20/h2-6,9-10,17H,7-8H2,1H3,(H,22,23). The van der Waals surface area contributed by atoms with Gasteiger partial charge in [-0.05, 0) is 24.3 Å². The topological polar surface area (TPSA) is 71.3 Å². The number of benzene rings is 2. The van der Waals surface area contributed by atoms with Crippen LogP contribution in [0.2, 0.25) is 0 Å². The maximum absolute atomic E-state index is 13.8. The van der Waals surface area contributed by atoms with Crippen LogP contribution < -0.4 is 10.1 Å². The molecule has 2 aromatic carbocycles. The van der Waals surface area contributed by atoms with E-state index in [4.69, 9.17) is 9.47 Å². The Hall–Kier alpha value is -2.98. The first-order valence-corrected chi connectivity index (χ1v) is 7.42. The number of nitriles is 1. The Morgan fingerprint density at radius 3 is 2.72 bits per heavy atom. The summed E-state index contributed by atoms with van der Waals surface area (Å²) in [6.45, 7) is 0.722. The van der Waals surface area contributed by atoms with Crippen molar-refractivity contribution in [2.75, 3.05) is 20.3 Å². The lowest BCUT2D eigenvalue weighted by atomic mass is 10.1. The zero-order chi connectivity index (χ0) is 18.2. The molecule has 1 amide bonds. The summed E-state index contributed by atoms with van der Waals surface area (Å²) in [5, 5.41) is 11.6. The predicted octanol–water partition coefficient (Wildman–Crippen LogP) is 2.98. The highest BCUT2D eigenvalue weighted by atomic mass is 19.1. The van der Waals surface area contributed by atoms with Gasteiger partial charge in [0.15, 0.2) is 0 Å². The van der Waals surface area contributed by atoms with Gasteiger partial charge in [0.2, 0.25) is 0 Å². The Morgan fingerprint density at radius 1 is 1.24 bits per heavy atom. The molecule has 130 valence electrons. The molecule has 1 N–H and O–H groups in total. The molecule has 1 atom stereocenters. The molecule has 5 nitrogen and oxygen atoms in total. The van der Waals surface area contributed by atoms with Crippen molar-refractivity contribution in [3.8, 4) is 11.8 Å². The zero-order valence-electron chi connectivity index (χ0n) is 13.5. The van der Waals surface area contributed by atoms with Crippen molar-refractivity contribution in [1.82, 2.24) is 5.32 Å². The fourth-order valence-electron chi connectivity index (χ4n) is 2.10. The number of nitrogens with one attached hydrogen (secondary N) is 1. The molecule has 0 bridgehead atoms. The minimum atomic E-state index is -1.24. The van der Waals surface area contributed by atoms with E-state index in [9.17, 15) is 18.8 Å². The Bertz CT molecular complexity index is 790. The summed E-state index contributed by atoms with van der Waals surface area (Å²) in [4.78, 5) is 12.3. The van der Waals surface area contributed by atoms with Crippen LogP contribution in [0.15, 0.2) is 42.5 Å². The number of methoxy groups -OCH3 is 1. The SMILES string of the molecule is COCCOc1cccc(C(=O)NC(C#N)c2ccc(F)cc2F)c1. The van der Waals surface area contributed by atoms with Crippen molar-refractivity contribution in [1.29, 1.82) is 5.26 Å². The van der Waals surface area contributed by atoms with Crippen molar-refractivity contribution in [3.05, 3.63) is 65.2 Å². The number of ether oxygens (including phenoxy) is 2. The molecule has 0 aliphatic heterocycles. The fourth-order valence-corrected chi connectivity index (χ4v) is 2.10. The lowest BCUT2D eigenvalue weighted by molar-refractivity contribution is 0.0944. The second-order valence-electron chi connectivity index (χ2n) is 5.07. The smallest absolute Gasteiger partial charge is 0.252 e. The maximum Gasteiger partial charge on any atom is 0.252 e. The summed E-state index contributed by atoms with van der Waals surface area (Å²) in [5.41, 5.74) is 0.141. The lowest BCUT2D eigenvalue weighted by Gasteiger charge is -2.13. The Kier molecular flexibility index (Phi) is 6.43. The highest BCUT2D eigenvalue weighted by molar-refractivity contribution is 5.95. The summed E-state index contributed by atoms with van der Waals surface area (Å²) in [6.07, 6.45) is 0. The molecule has 0 saturated heterocycles. The van der Waals surface area contributed by atoms with E-state index in [-0.39, 0.29) is 11.1 Å². The van der Waals surface area contributed by atoms with Gasteiger partial charge >= 0.3 is 0 Å². The summed E-state index contributed by atoms with van der Waals surface area (Å²) in [6, 6.07) is 9.70. The fraction of sp³-hybridized carbons (Fsp3) is 0.222. The van der Waals surface area contributed by atoms with Crippen LogP contribution in [0.4, 0.5) is 8.78 Å². The van der Waals surface area contributed by atoms with E-state index in [1.54, 1.807) is 25.3 Å². The molecule has 7 heteroatoms. The predicted molar refractivity (Wildman–Crippen MR) is 86.0 cm³/mol. The highest BCUT2D eigenvalue weighted by Crippen LogP contribution is 2.19. The first kappa shape index (κ1) is 18.4. The van der Waals surface area contributed by atoms with E-state index in [0.717, 1.165) is 12.1 Å². The molecule has 0 aromatic heterocycles. The van der Waals surface area contributed by atoms with Gasteiger partial charge in [0.1, 0.15) is 30.0 Å². The van der Waals surface area contributed by atoms with Crippen LogP contribution in [0, 0.1) is 23.0 Å². The van der Waals surface area contributed by atoms with E-state index >= 15 is 0 Å². The van der Waals surface area contributed by atoms with Gasteiger partial charge in [0.05, 0.1) is 12.7 Å². The van der Waals surface area contributed by atoms with E-state index in [2.05, 4.69) is 5.32 Å². The van der Waals surface area contributed by atoms with Gasteiger partial charge in [-0.15, -0.1) is 0 Å². The van der Waals surface area contributed by atoms with Gasteiger partial charge < -0.3 is 14.8 Å².